The second-order valence-corrected chi connectivity index (χ2v) is 7.22. The quantitative estimate of drug-likeness (QED) is 0.441. The zero-order valence-corrected chi connectivity index (χ0v) is 15.3. The van der Waals surface area contributed by atoms with Crippen molar-refractivity contribution in [2.45, 2.75) is 29.9 Å². The van der Waals surface area contributed by atoms with E-state index in [9.17, 15) is 9.59 Å². The van der Waals surface area contributed by atoms with Crippen molar-refractivity contribution in [1.82, 2.24) is 10.3 Å². The van der Waals surface area contributed by atoms with E-state index in [0.29, 0.717) is 30.7 Å². The summed E-state index contributed by atoms with van der Waals surface area (Å²) in [6, 6.07) is 7.55. The summed E-state index contributed by atoms with van der Waals surface area (Å²) >= 11 is 3.24. The second-order valence-electron chi connectivity index (χ2n) is 5.14. The predicted octanol–water partition coefficient (Wildman–Crippen LogP) is 3.43. The number of ether oxygens (including phenoxy) is 1. The van der Waals surface area contributed by atoms with Crippen LogP contribution in [0.25, 0.3) is 0 Å². The van der Waals surface area contributed by atoms with Crippen LogP contribution >= 0.6 is 23.1 Å². The number of carbonyl (C=O) groups is 2. The molecule has 0 saturated heterocycles. The monoisotopic (exact) mass is 364 g/mol. The van der Waals surface area contributed by atoms with Gasteiger partial charge in [-0.15, -0.1) is 11.3 Å². The first-order chi connectivity index (χ1) is 11.6. The Bertz CT molecular complexity index is 701. The van der Waals surface area contributed by atoms with Crippen LogP contribution in [-0.2, 0) is 15.3 Å². The van der Waals surface area contributed by atoms with E-state index in [1.54, 1.807) is 23.1 Å². The first-order valence-corrected chi connectivity index (χ1v) is 9.44. The fourth-order valence-electron chi connectivity index (χ4n) is 2.04. The van der Waals surface area contributed by atoms with Gasteiger partial charge in [0.2, 0.25) is 0 Å². The zero-order chi connectivity index (χ0) is 17.4. The standard InChI is InChI=1S/C17H20N2O3S2/c1-12-10-23-17(19-12)24-11-13-6-3-4-7-14(13)16(21)18-9-5-8-15(20)22-2/h3-4,6-7,10H,5,8-9,11H2,1-2H3,(H,18,21). The molecule has 1 amide bonds. The molecule has 7 heteroatoms. The van der Waals surface area contributed by atoms with Crippen LogP contribution in [0.4, 0.5) is 0 Å². The highest BCUT2D eigenvalue weighted by Crippen LogP contribution is 2.27. The lowest BCUT2D eigenvalue weighted by atomic mass is 10.1. The van der Waals surface area contributed by atoms with Gasteiger partial charge in [-0.1, -0.05) is 30.0 Å². The Balaban J connectivity index is 1.89. The summed E-state index contributed by atoms with van der Waals surface area (Å²) in [4.78, 5) is 27.8. The Morgan fingerprint density at radius 3 is 2.83 bits per heavy atom. The number of aryl methyl sites for hydroxylation is 1. The van der Waals surface area contributed by atoms with Gasteiger partial charge in [0.1, 0.15) is 4.34 Å². The predicted molar refractivity (Wildman–Crippen MR) is 96.4 cm³/mol. The molecule has 0 bridgehead atoms. The number of thiazole rings is 1. The Kier molecular flexibility index (Phi) is 7.27. The van der Waals surface area contributed by atoms with Crippen molar-refractivity contribution in [3.05, 3.63) is 46.5 Å². The smallest absolute Gasteiger partial charge is 0.305 e. The van der Waals surface area contributed by atoms with Crippen molar-refractivity contribution in [3.63, 3.8) is 0 Å². The molecular weight excluding hydrogens is 344 g/mol. The van der Waals surface area contributed by atoms with Crippen LogP contribution in [0.2, 0.25) is 0 Å². The van der Waals surface area contributed by atoms with Gasteiger partial charge >= 0.3 is 5.97 Å². The van der Waals surface area contributed by atoms with Crippen LogP contribution in [0.5, 0.6) is 0 Å². The number of methoxy groups -OCH3 is 1. The lowest BCUT2D eigenvalue weighted by molar-refractivity contribution is -0.140. The van der Waals surface area contributed by atoms with E-state index < -0.39 is 0 Å². The summed E-state index contributed by atoms with van der Waals surface area (Å²) in [6.07, 6.45) is 0.866. The molecule has 0 saturated carbocycles. The molecule has 0 aliphatic carbocycles. The van der Waals surface area contributed by atoms with Gasteiger partial charge in [-0.3, -0.25) is 9.59 Å². The average molecular weight is 364 g/mol. The number of nitrogens with zero attached hydrogens (tertiary/aromatic N) is 1. The normalized spacial score (nSPS) is 10.4. The van der Waals surface area contributed by atoms with E-state index in [2.05, 4.69) is 15.0 Å². The highest BCUT2D eigenvalue weighted by Gasteiger charge is 2.11. The first-order valence-electron chi connectivity index (χ1n) is 7.58. The maximum atomic E-state index is 12.3. The Labute approximate surface area is 149 Å². The molecule has 5 nitrogen and oxygen atoms in total. The van der Waals surface area contributed by atoms with Gasteiger partial charge in [0, 0.05) is 35.4 Å². The minimum Gasteiger partial charge on any atom is -0.469 e. The Morgan fingerprint density at radius 2 is 2.12 bits per heavy atom. The topological polar surface area (TPSA) is 68.3 Å². The largest absolute Gasteiger partial charge is 0.469 e. The van der Waals surface area contributed by atoms with E-state index >= 15 is 0 Å². The van der Waals surface area contributed by atoms with Crippen LogP contribution in [0.3, 0.4) is 0 Å². The molecule has 0 radical (unpaired) electrons. The summed E-state index contributed by atoms with van der Waals surface area (Å²) in [6.45, 7) is 2.41. The third kappa shape index (κ3) is 5.65. The van der Waals surface area contributed by atoms with Crippen molar-refractivity contribution in [2.75, 3.05) is 13.7 Å². The third-order valence-electron chi connectivity index (χ3n) is 3.28. The summed E-state index contributed by atoms with van der Waals surface area (Å²) in [7, 11) is 1.36. The summed E-state index contributed by atoms with van der Waals surface area (Å²) < 4.78 is 5.58. The number of aromatic nitrogens is 1. The van der Waals surface area contributed by atoms with Crippen molar-refractivity contribution < 1.29 is 14.3 Å². The van der Waals surface area contributed by atoms with Crippen LogP contribution in [0.1, 0.15) is 34.5 Å². The lowest BCUT2D eigenvalue weighted by Crippen LogP contribution is -2.26. The van der Waals surface area contributed by atoms with E-state index in [1.165, 1.54) is 7.11 Å². The third-order valence-corrected chi connectivity index (χ3v) is 5.47. The van der Waals surface area contributed by atoms with E-state index in [-0.39, 0.29) is 11.9 Å². The molecule has 0 aliphatic rings. The van der Waals surface area contributed by atoms with Crippen LogP contribution in [0.15, 0.2) is 34.0 Å². The lowest BCUT2D eigenvalue weighted by Gasteiger charge is -2.09. The number of rotatable bonds is 8. The molecular formula is C17H20N2O3S2. The van der Waals surface area contributed by atoms with Crippen LogP contribution in [0, 0.1) is 6.92 Å². The maximum Gasteiger partial charge on any atom is 0.305 e. The highest BCUT2D eigenvalue weighted by atomic mass is 32.2. The molecule has 0 aliphatic heterocycles. The molecule has 2 aromatic rings. The summed E-state index contributed by atoms with van der Waals surface area (Å²) in [5, 5.41) is 4.87. The van der Waals surface area contributed by atoms with E-state index in [1.807, 2.05) is 36.6 Å². The van der Waals surface area contributed by atoms with Crippen molar-refractivity contribution in [2.24, 2.45) is 0 Å². The van der Waals surface area contributed by atoms with Gasteiger partial charge in [0.05, 0.1) is 7.11 Å². The fraction of sp³-hybridized carbons (Fsp3) is 0.353. The SMILES string of the molecule is COC(=O)CCCNC(=O)c1ccccc1CSc1nc(C)cs1. The summed E-state index contributed by atoms with van der Waals surface area (Å²) in [5.74, 6) is 0.310. The molecule has 1 heterocycles. The zero-order valence-electron chi connectivity index (χ0n) is 13.7. The molecule has 1 aromatic carbocycles. The number of benzene rings is 1. The van der Waals surface area contributed by atoms with Crippen molar-refractivity contribution >= 4 is 35.0 Å². The molecule has 0 spiro atoms. The van der Waals surface area contributed by atoms with Gasteiger partial charge in [-0.25, -0.2) is 4.98 Å². The van der Waals surface area contributed by atoms with E-state index in [4.69, 9.17) is 0 Å². The van der Waals surface area contributed by atoms with Crippen molar-refractivity contribution in [1.29, 1.82) is 0 Å². The van der Waals surface area contributed by atoms with Gasteiger partial charge in [-0.05, 0) is 25.0 Å². The fourth-order valence-corrected chi connectivity index (χ4v) is 3.89. The van der Waals surface area contributed by atoms with E-state index in [0.717, 1.165) is 15.6 Å². The van der Waals surface area contributed by atoms with Crippen LogP contribution < -0.4 is 5.32 Å². The number of hydrogen-bond donors (Lipinski definition) is 1. The Morgan fingerprint density at radius 1 is 1.33 bits per heavy atom. The van der Waals surface area contributed by atoms with Gasteiger partial charge in [0.15, 0.2) is 0 Å². The molecule has 0 fully saturated rings. The Hall–Kier alpha value is -1.86. The molecule has 1 aromatic heterocycles. The van der Waals surface area contributed by atoms with Gasteiger partial charge in [0.25, 0.3) is 5.91 Å². The minimum atomic E-state index is -0.264. The van der Waals surface area contributed by atoms with Gasteiger partial charge < -0.3 is 10.1 Å². The second kappa shape index (κ2) is 9.44. The number of esters is 1. The molecule has 128 valence electrons. The molecule has 2 rings (SSSR count). The molecule has 1 N–H and O–H groups in total. The van der Waals surface area contributed by atoms with Gasteiger partial charge in [-0.2, -0.15) is 0 Å². The molecule has 0 atom stereocenters. The number of amides is 1. The van der Waals surface area contributed by atoms with Crippen LogP contribution in [-0.4, -0.2) is 30.5 Å². The first kappa shape index (κ1) is 18.5. The minimum absolute atomic E-state index is 0.119. The number of nitrogens with one attached hydrogen (secondary N) is 1. The number of carbonyl (C=O) groups excluding carboxylic acids is 2. The maximum absolute atomic E-state index is 12.3. The number of hydrogen-bond acceptors (Lipinski definition) is 6. The average Bonchev–Trinajstić information content (AvgIpc) is 3.02. The molecule has 0 unspecified atom stereocenters. The summed E-state index contributed by atoms with van der Waals surface area (Å²) in [5.41, 5.74) is 2.65. The molecule has 24 heavy (non-hydrogen) atoms. The highest BCUT2D eigenvalue weighted by molar-refractivity contribution is 8.00. The number of thioether (sulfide) groups is 1. The van der Waals surface area contributed by atoms with Crippen molar-refractivity contribution in [3.8, 4) is 0 Å².